The summed E-state index contributed by atoms with van der Waals surface area (Å²) in [7, 11) is 1.58. The molecule has 0 heterocycles. The Balaban J connectivity index is 1.67. The Bertz CT molecular complexity index is 596. The number of hydrogen-bond donors (Lipinski definition) is 2. The zero-order valence-electron chi connectivity index (χ0n) is 14.7. The number of fused-ring (bicyclic) bond motifs is 2. The molecule has 1 amide bonds. The minimum absolute atomic E-state index is 0.0639. The van der Waals surface area contributed by atoms with Gasteiger partial charge in [0.25, 0.3) is 0 Å². The predicted molar refractivity (Wildman–Crippen MR) is 93.9 cm³/mol. The van der Waals surface area contributed by atoms with Crippen LogP contribution in [0.15, 0.2) is 18.2 Å². The Morgan fingerprint density at radius 2 is 2.00 bits per heavy atom. The molecule has 0 aromatic heterocycles. The number of methoxy groups -OCH3 is 1. The third-order valence-corrected chi connectivity index (χ3v) is 5.53. The van der Waals surface area contributed by atoms with Crippen molar-refractivity contribution in [1.29, 1.82) is 0 Å². The second kappa shape index (κ2) is 8.15. The van der Waals surface area contributed by atoms with Crippen LogP contribution in [0.2, 0.25) is 0 Å². The average Bonchev–Trinajstić information content (AvgIpc) is 2.56. The van der Waals surface area contributed by atoms with Crippen molar-refractivity contribution in [2.45, 2.75) is 38.1 Å². The van der Waals surface area contributed by atoms with Crippen molar-refractivity contribution in [3.8, 4) is 5.75 Å². The maximum absolute atomic E-state index is 13.6. The van der Waals surface area contributed by atoms with Gasteiger partial charge in [0.05, 0.1) is 12.3 Å². The number of carbonyl (C=O) groups is 1. The first-order chi connectivity index (χ1) is 12.1. The minimum atomic E-state index is -0.406. The summed E-state index contributed by atoms with van der Waals surface area (Å²) in [5.74, 6) is 0.772. The minimum Gasteiger partial charge on any atom is -0.489 e. The number of carbonyl (C=O) groups excluding carboxylic acids is 1. The molecule has 3 rings (SSSR count). The summed E-state index contributed by atoms with van der Waals surface area (Å²) in [5, 5.41) is 2.87. The molecule has 6 heteroatoms. The van der Waals surface area contributed by atoms with Crippen LogP contribution in [0.3, 0.4) is 0 Å². The number of halogens is 1. The van der Waals surface area contributed by atoms with Crippen LogP contribution in [0.25, 0.3) is 0 Å². The number of ether oxygens (including phenoxy) is 2. The van der Waals surface area contributed by atoms with Crippen molar-refractivity contribution in [2.24, 2.45) is 23.5 Å². The molecule has 0 spiro atoms. The van der Waals surface area contributed by atoms with Gasteiger partial charge >= 0.3 is 0 Å². The Kier molecular flexibility index (Phi) is 5.91. The molecule has 2 saturated carbocycles. The normalized spacial score (nSPS) is 28.4. The second-order valence-electron chi connectivity index (χ2n) is 7.17. The Morgan fingerprint density at radius 1 is 1.28 bits per heavy atom. The van der Waals surface area contributed by atoms with Crippen LogP contribution in [-0.4, -0.2) is 32.3 Å². The highest BCUT2D eigenvalue weighted by Gasteiger charge is 2.40. The van der Waals surface area contributed by atoms with E-state index < -0.39 is 5.82 Å². The van der Waals surface area contributed by atoms with E-state index in [4.69, 9.17) is 15.2 Å². The van der Waals surface area contributed by atoms with E-state index in [0.717, 1.165) is 25.7 Å². The van der Waals surface area contributed by atoms with Gasteiger partial charge in [-0.1, -0.05) is 6.42 Å². The van der Waals surface area contributed by atoms with Gasteiger partial charge in [0.1, 0.15) is 18.2 Å². The molecule has 0 radical (unpaired) electrons. The summed E-state index contributed by atoms with van der Waals surface area (Å²) >= 11 is 0. The van der Waals surface area contributed by atoms with Gasteiger partial charge in [-0.3, -0.25) is 4.79 Å². The van der Waals surface area contributed by atoms with E-state index in [0.29, 0.717) is 36.5 Å². The van der Waals surface area contributed by atoms with Gasteiger partial charge in [-0.05, 0) is 49.7 Å². The zero-order chi connectivity index (χ0) is 17.8. The Morgan fingerprint density at radius 3 is 2.68 bits per heavy atom. The fraction of sp³-hybridized carbons (Fsp3) is 0.632. The lowest BCUT2D eigenvalue weighted by atomic mass is 9.65. The van der Waals surface area contributed by atoms with Crippen LogP contribution >= 0.6 is 0 Å². The third-order valence-electron chi connectivity index (χ3n) is 5.53. The summed E-state index contributed by atoms with van der Waals surface area (Å²) in [6, 6.07) is 4.38. The third kappa shape index (κ3) is 4.30. The van der Waals surface area contributed by atoms with Crippen molar-refractivity contribution in [1.82, 2.24) is 0 Å². The molecule has 2 aliphatic rings. The molecule has 1 aromatic rings. The predicted octanol–water partition coefficient (Wildman–Crippen LogP) is 2.94. The van der Waals surface area contributed by atoms with Gasteiger partial charge in [0.15, 0.2) is 0 Å². The van der Waals surface area contributed by atoms with Crippen LogP contribution in [-0.2, 0) is 9.53 Å². The lowest BCUT2D eigenvalue weighted by Gasteiger charge is -2.43. The Hall–Kier alpha value is -1.66. The average molecular weight is 350 g/mol. The van der Waals surface area contributed by atoms with Crippen molar-refractivity contribution < 1.29 is 18.7 Å². The van der Waals surface area contributed by atoms with E-state index in [-0.39, 0.29) is 17.9 Å². The standard InChI is InChI=1S/C19H27FN2O3/c1-24-7-8-25-17-6-5-15(20)11-16(17)22-19(23)14-9-12-3-2-4-13(10-14)18(12)21/h5-6,11-14,18H,2-4,7-10,21H2,1H3,(H,22,23). The number of rotatable bonds is 6. The van der Waals surface area contributed by atoms with Crippen LogP contribution in [0.4, 0.5) is 10.1 Å². The molecule has 2 aliphatic carbocycles. The van der Waals surface area contributed by atoms with E-state index in [2.05, 4.69) is 5.32 Å². The number of hydrogen-bond acceptors (Lipinski definition) is 4. The van der Waals surface area contributed by atoms with Crippen LogP contribution in [0.5, 0.6) is 5.75 Å². The fourth-order valence-corrected chi connectivity index (χ4v) is 4.20. The van der Waals surface area contributed by atoms with Crippen LogP contribution < -0.4 is 15.8 Å². The summed E-state index contributed by atoms with van der Waals surface area (Å²) in [4.78, 5) is 12.7. The molecule has 2 bridgehead atoms. The van der Waals surface area contributed by atoms with Crippen molar-refractivity contribution >= 4 is 11.6 Å². The summed E-state index contributed by atoms with van der Waals surface area (Å²) in [6.45, 7) is 0.766. The smallest absolute Gasteiger partial charge is 0.227 e. The monoisotopic (exact) mass is 350 g/mol. The fourth-order valence-electron chi connectivity index (χ4n) is 4.20. The van der Waals surface area contributed by atoms with E-state index in [9.17, 15) is 9.18 Å². The number of nitrogens with one attached hydrogen (secondary N) is 1. The highest BCUT2D eigenvalue weighted by molar-refractivity contribution is 5.94. The van der Waals surface area contributed by atoms with E-state index in [1.807, 2.05) is 0 Å². The highest BCUT2D eigenvalue weighted by Crippen LogP contribution is 2.42. The Labute approximate surface area is 148 Å². The van der Waals surface area contributed by atoms with Gasteiger partial charge in [-0.2, -0.15) is 0 Å². The lowest BCUT2D eigenvalue weighted by Crippen LogP contribution is -2.48. The summed E-state index contributed by atoms with van der Waals surface area (Å²) in [5.41, 5.74) is 6.67. The summed E-state index contributed by atoms with van der Waals surface area (Å²) < 4.78 is 24.2. The molecular formula is C19H27FN2O3. The van der Waals surface area contributed by atoms with Crippen molar-refractivity contribution in [2.75, 3.05) is 25.6 Å². The molecule has 2 unspecified atom stereocenters. The zero-order valence-corrected chi connectivity index (χ0v) is 14.7. The van der Waals surface area contributed by atoms with E-state index >= 15 is 0 Å². The van der Waals surface area contributed by atoms with Crippen molar-refractivity contribution in [3.05, 3.63) is 24.0 Å². The first-order valence-corrected chi connectivity index (χ1v) is 9.06. The van der Waals surface area contributed by atoms with Gasteiger partial charge in [0.2, 0.25) is 5.91 Å². The maximum atomic E-state index is 13.6. The maximum Gasteiger partial charge on any atom is 0.227 e. The molecule has 2 fully saturated rings. The number of nitrogens with two attached hydrogens (primary N) is 1. The number of benzene rings is 1. The summed E-state index contributed by atoms with van der Waals surface area (Å²) in [6.07, 6.45) is 5.05. The molecular weight excluding hydrogens is 323 g/mol. The molecule has 0 aliphatic heterocycles. The molecule has 5 nitrogen and oxygen atoms in total. The lowest BCUT2D eigenvalue weighted by molar-refractivity contribution is -0.122. The molecule has 1 aromatic carbocycles. The van der Waals surface area contributed by atoms with Gasteiger partial charge in [0, 0.05) is 25.1 Å². The van der Waals surface area contributed by atoms with E-state index in [1.165, 1.54) is 24.6 Å². The molecule has 3 N–H and O–H groups in total. The van der Waals surface area contributed by atoms with Crippen molar-refractivity contribution in [3.63, 3.8) is 0 Å². The highest BCUT2D eigenvalue weighted by atomic mass is 19.1. The van der Waals surface area contributed by atoms with Gasteiger partial charge in [-0.25, -0.2) is 4.39 Å². The van der Waals surface area contributed by atoms with E-state index in [1.54, 1.807) is 7.11 Å². The topological polar surface area (TPSA) is 73.6 Å². The first kappa shape index (κ1) is 18.1. The van der Waals surface area contributed by atoms with Crippen LogP contribution in [0, 0.1) is 23.6 Å². The van der Waals surface area contributed by atoms with Crippen LogP contribution in [0.1, 0.15) is 32.1 Å². The number of anilines is 1. The molecule has 138 valence electrons. The molecule has 0 saturated heterocycles. The molecule has 2 atom stereocenters. The second-order valence-corrected chi connectivity index (χ2v) is 7.17. The first-order valence-electron chi connectivity index (χ1n) is 9.06. The molecule has 25 heavy (non-hydrogen) atoms. The SMILES string of the molecule is COCCOc1ccc(F)cc1NC(=O)C1CC2CCCC(C1)C2N. The largest absolute Gasteiger partial charge is 0.489 e. The van der Waals surface area contributed by atoms with Gasteiger partial charge in [-0.15, -0.1) is 0 Å². The van der Waals surface area contributed by atoms with Gasteiger partial charge < -0.3 is 20.5 Å². The number of amides is 1. The quantitative estimate of drug-likeness (QED) is 0.774.